The lowest BCUT2D eigenvalue weighted by Gasteiger charge is -2.25. The van der Waals surface area contributed by atoms with Crippen LogP contribution in [0.15, 0.2) is 60.8 Å². The van der Waals surface area contributed by atoms with E-state index in [1.807, 2.05) is 44.2 Å². The molecule has 0 aliphatic rings. The van der Waals surface area contributed by atoms with E-state index < -0.39 is 47.9 Å². The number of rotatable bonds is 14. The molecule has 3 aromatic rings. The van der Waals surface area contributed by atoms with Gasteiger partial charge in [0.2, 0.25) is 17.7 Å². The van der Waals surface area contributed by atoms with Crippen LogP contribution in [0.5, 0.6) is 0 Å². The molecular formula is C29H37N5O5S. The first-order valence-electron chi connectivity index (χ1n) is 13.2. The third-order valence-electron chi connectivity index (χ3n) is 6.51. The fourth-order valence-corrected chi connectivity index (χ4v) is 4.66. The van der Waals surface area contributed by atoms with Crippen molar-refractivity contribution in [1.82, 2.24) is 20.9 Å². The second kappa shape index (κ2) is 14.5. The molecule has 1 heterocycles. The first-order valence-corrected chi connectivity index (χ1v) is 13.8. The Labute approximate surface area is 238 Å². The third kappa shape index (κ3) is 8.59. The lowest BCUT2D eigenvalue weighted by molar-refractivity contribution is -0.141. The van der Waals surface area contributed by atoms with Gasteiger partial charge < -0.3 is 31.8 Å². The second-order valence-electron chi connectivity index (χ2n) is 10.2. The van der Waals surface area contributed by atoms with Gasteiger partial charge in [-0.15, -0.1) is 0 Å². The predicted octanol–water partition coefficient (Wildman–Crippen LogP) is 1.80. The number of aromatic amines is 1. The average Bonchev–Trinajstić information content (AvgIpc) is 3.33. The Balaban J connectivity index is 1.88. The molecule has 4 atom stereocenters. The molecule has 0 saturated carbocycles. The monoisotopic (exact) mass is 567 g/mol. The van der Waals surface area contributed by atoms with Crippen molar-refractivity contribution < 1.29 is 24.3 Å². The van der Waals surface area contributed by atoms with Gasteiger partial charge in [0.25, 0.3) is 0 Å². The molecule has 214 valence electrons. The Morgan fingerprint density at radius 3 is 2.05 bits per heavy atom. The first-order chi connectivity index (χ1) is 19.1. The average molecular weight is 568 g/mol. The van der Waals surface area contributed by atoms with Crippen LogP contribution in [-0.4, -0.2) is 63.7 Å². The number of carboxylic acids is 1. The molecule has 0 aliphatic carbocycles. The van der Waals surface area contributed by atoms with Crippen molar-refractivity contribution in [2.24, 2.45) is 11.7 Å². The minimum atomic E-state index is -1.24. The largest absolute Gasteiger partial charge is 0.480 e. The zero-order valence-electron chi connectivity index (χ0n) is 22.6. The third-order valence-corrected chi connectivity index (χ3v) is 6.87. The summed E-state index contributed by atoms with van der Waals surface area (Å²) in [6.07, 6.45) is 2.47. The molecule has 40 heavy (non-hydrogen) atoms. The summed E-state index contributed by atoms with van der Waals surface area (Å²) in [6.45, 7) is 3.90. The number of hydrogen-bond donors (Lipinski definition) is 7. The Morgan fingerprint density at radius 2 is 1.43 bits per heavy atom. The highest BCUT2D eigenvalue weighted by Gasteiger charge is 2.31. The van der Waals surface area contributed by atoms with Gasteiger partial charge in [-0.3, -0.25) is 14.4 Å². The number of H-pyrrole nitrogens is 1. The topological polar surface area (TPSA) is 166 Å². The van der Waals surface area contributed by atoms with Crippen LogP contribution in [0.2, 0.25) is 0 Å². The van der Waals surface area contributed by atoms with Crippen molar-refractivity contribution in [2.45, 2.75) is 57.3 Å². The summed E-state index contributed by atoms with van der Waals surface area (Å²) < 4.78 is 0. The number of carbonyl (C=O) groups excluding carboxylic acids is 3. The number of para-hydroxylation sites is 1. The van der Waals surface area contributed by atoms with Gasteiger partial charge in [-0.05, 0) is 29.5 Å². The van der Waals surface area contributed by atoms with Crippen LogP contribution < -0.4 is 21.7 Å². The molecule has 2 aromatic carbocycles. The zero-order chi connectivity index (χ0) is 29.2. The summed E-state index contributed by atoms with van der Waals surface area (Å²) in [5.41, 5.74) is 8.55. The van der Waals surface area contributed by atoms with E-state index in [1.165, 1.54) is 0 Å². The number of aromatic nitrogens is 1. The number of hydrogen-bond acceptors (Lipinski definition) is 6. The summed E-state index contributed by atoms with van der Waals surface area (Å²) in [5.74, 6) is -2.93. The van der Waals surface area contributed by atoms with Gasteiger partial charge in [0.15, 0.2) is 0 Å². The summed E-state index contributed by atoms with van der Waals surface area (Å²) in [4.78, 5) is 54.5. The molecule has 0 spiro atoms. The maximum absolute atomic E-state index is 13.7. The van der Waals surface area contributed by atoms with Crippen molar-refractivity contribution in [1.29, 1.82) is 0 Å². The van der Waals surface area contributed by atoms with Gasteiger partial charge in [0.05, 0.1) is 6.04 Å². The van der Waals surface area contributed by atoms with Crippen molar-refractivity contribution in [3.8, 4) is 0 Å². The minimum absolute atomic E-state index is 0.109. The number of nitrogens with one attached hydrogen (secondary N) is 4. The Morgan fingerprint density at radius 1 is 0.850 bits per heavy atom. The van der Waals surface area contributed by atoms with E-state index in [-0.39, 0.29) is 24.5 Å². The van der Waals surface area contributed by atoms with Crippen LogP contribution in [0, 0.1) is 5.92 Å². The van der Waals surface area contributed by atoms with E-state index >= 15 is 0 Å². The molecule has 7 N–H and O–H groups in total. The van der Waals surface area contributed by atoms with Gasteiger partial charge in [-0.25, -0.2) is 4.79 Å². The Bertz CT molecular complexity index is 1310. The maximum atomic E-state index is 13.7. The fraction of sp³-hybridized carbons (Fsp3) is 0.379. The van der Waals surface area contributed by atoms with Gasteiger partial charge in [0.1, 0.15) is 18.1 Å². The highest BCUT2D eigenvalue weighted by atomic mass is 32.1. The van der Waals surface area contributed by atoms with Crippen molar-refractivity contribution in [3.05, 3.63) is 71.9 Å². The van der Waals surface area contributed by atoms with E-state index in [9.17, 15) is 24.3 Å². The van der Waals surface area contributed by atoms with Crippen molar-refractivity contribution in [3.63, 3.8) is 0 Å². The van der Waals surface area contributed by atoms with E-state index in [0.29, 0.717) is 6.42 Å². The number of carbonyl (C=O) groups is 4. The molecule has 4 unspecified atom stereocenters. The summed E-state index contributed by atoms with van der Waals surface area (Å²) in [7, 11) is 0. The number of amides is 3. The number of aliphatic carboxylic acids is 1. The second-order valence-corrected chi connectivity index (χ2v) is 10.6. The van der Waals surface area contributed by atoms with E-state index in [2.05, 4.69) is 33.6 Å². The van der Waals surface area contributed by atoms with Crippen LogP contribution in [0.1, 0.15) is 31.4 Å². The molecule has 3 rings (SSSR count). The quantitative estimate of drug-likeness (QED) is 0.147. The molecule has 3 amide bonds. The number of nitrogens with two attached hydrogens (primary N) is 1. The molecule has 1 aromatic heterocycles. The number of thiol groups is 1. The van der Waals surface area contributed by atoms with Crippen molar-refractivity contribution >= 4 is 47.2 Å². The number of benzene rings is 2. The normalized spacial score (nSPS) is 14.2. The molecule has 0 aliphatic heterocycles. The smallest absolute Gasteiger partial charge is 0.327 e. The van der Waals surface area contributed by atoms with E-state index in [0.717, 1.165) is 22.0 Å². The standard InChI is InChI=1S/C29H37N5O5S/c1-17(2)12-21(30)26(35)32-24(14-19-15-31-22-11-7-6-10-20(19)22)28(37)33-23(13-18-8-4-3-5-9-18)27(36)34-25(16-40)29(38)39/h3-11,15,17,21,23-25,31,40H,12-14,16,30H2,1-2H3,(H,32,35)(H,33,37)(H,34,36)(H,38,39). The Kier molecular flexibility index (Phi) is 11.2. The molecular weight excluding hydrogens is 530 g/mol. The van der Waals surface area contributed by atoms with Crippen molar-refractivity contribution in [2.75, 3.05) is 5.75 Å². The lowest BCUT2D eigenvalue weighted by Crippen LogP contribution is -2.58. The zero-order valence-corrected chi connectivity index (χ0v) is 23.5. The highest BCUT2D eigenvalue weighted by Crippen LogP contribution is 2.19. The molecule has 0 radical (unpaired) electrons. The molecule has 0 saturated heterocycles. The first kappa shape index (κ1) is 30.7. The molecule has 0 fully saturated rings. The SMILES string of the molecule is CC(C)CC(N)C(=O)NC(Cc1c[nH]c2ccccc12)C(=O)NC(Cc1ccccc1)C(=O)NC(CS)C(=O)O. The van der Waals surface area contributed by atoms with Crippen LogP contribution in [0.4, 0.5) is 0 Å². The van der Waals surface area contributed by atoms with Gasteiger partial charge in [-0.1, -0.05) is 62.4 Å². The maximum Gasteiger partial charge on any atom is 0.327 e. The van der Waals surface area contributed by atoms with Gasteiger partial charge >= 0.3 is 5.97 Å². The lowest BCUT2D eigenvalue weighted by atomic mass is 10.0. The number of carboxylic acid groups (broad SMARTS) is 1. The highest BCUT2D eigenvalue weighted by molar-refractivity contribution is 7.80. The summed E-state index contributed by atoms with van der Waals surface area (Å²) in [5, 5.41) is 18.3. The fourth-order valence-electron chi connectivity index (χ4n) is 4.41. The van der Waals surface area contributed by atoms with E-state index in [1.54, 1.807) is 30.5 Å². The van der Waals surface area contributed by atoms with Crippen LogP contribution >= 0.6 is 12.6 Å². The van der Waals surface area contributed by atoms with Crippen LogP contribution in [0.25, 0.3) is 10.9 Å². The summed E-state index contributed by atoms with van der Waals surface area (Å²) >= 11 is 4.01. The number of fused-ring (bicyclic) bond motifs is 1. The molecule has 10 nitrogen and oxygen atoms in total. The predicted molar refractivity (Wildman–Crippen MR) is 157 cm³/mol. The summed E-state index contributed by atoms with van der Waals surface area (Å²) in [6, 6.07) is 12.4. The molecule has 0 bridgehead atoms. The van der Waals surface area contributed by atoms with Crippen LogP contribution in [-0.2, 0) is 32.0 Å². The Hall–Kier alpha value is -3.83. The van der Waals surface area contributed by atoms with E-state index in [4.69, 9.17) is 5.73 Å². The minimum Gasteiger partial charge on any atom is -0.480 e. The van der Waals surface area contributed by atoms with Gasteiger partial charge in [-0.2, -0.15) is 12.6 Å². The van der Waals surface area contributed by atoms with Gasteiger partial charge in [0, 0.05) is 35.7 Å². The van der Waals surface area contributed by atoms with Crippen LogP contribution in [0.3, 0.4) is 0 Å². The molecule has 11 heteroatoms.